The molecule has 1 aliphatic carbocycles. The van der Waals surface area contributed by atoms with Gasteiger partial charge in [-0.3, -0.25) is 5.43 Å². The number of carbonyl (C=O) groups excluding carboxylic acids is 1. The summed E-state index contributed by atoms with van der Waals surface area (Å²) in [5, 5.41) is 5.34. The largest absolute Gasteiger partial charge is 0.472 e. The van der Waals surface area contributed by atoms with Gasteiger partial charge in [0.1, 0.15) is 12.4 Å². The fraction of sp³-hybridized carbons (Fsp3) is 0.200. The molecule has 2 aromatic carbocycles. The van der Waals surface area contributed by atoms with Gasteiger partial charge in [-0.2, -0.15) is 0 Å². The number of nitrogens with one attached hydrogen (secondary N) is 1. The van der Waals surface area contributed by atoms with E-state index in [1.165, 1.54) is 12.1 Å². The molecule has 5 N–H and O–H groups in total. The van der Waals surface area contributed by atoms with Gasteiger partial charge >= 0.3 is 6.03 Å². The minimum absolute atomic E-state index is 0.188. The molecule has 8 nitrogen and oxygen atoms in total. The fourth-order valence-electron chi connectivity index (χ4n) is 3.20. The summed E-state index contributed by atoms with van der Waals surface area (Å²) in [6.07, 6.45) is 3.90. The van der Waals surface area contributed by atoms with Crippen LogP contribution in [0.4, 0.5) is 14.9 Å². The van der Waals surface area contributed by atoms with E-state index in [0.29, 0.717) is 23.2 Å². The normalized spacial score (nSPS) is 13.2. The van der Waals surface area contributed by atoms with Crippen LogP contribution < -0.4 is 26.9 Å². The van der Waals surface area contributed by atoms with Crippen LogP contribution in [0, 0.1) is 5.82 Å². The predicted molar refractivity (Wildman–Crippen MR) is 106 cm³/mol. The number of halogens is 1. The van der Waals surface area contributed by atoms with Gasteiger partial charge in [-0.15, -0.1) is 5.10 Å². The number of nitrogens with zero attached hydrogens (tertiary/aromatic N) is 3. The maximum atomic E-state index is 13.1. The summed E-state index contributed by atoms with van der Waals surface area (Å²) in [5.74, 6) is 11.7. The van der Waals surface area contributed by atoms with Crippen LogP contribution in [0.25, 0.3) is 5.69 Å². The third-order valence-corrected chi connectivity index (χ3v) is 4.83. The number of hydrazine groups is 2. The number of rotatable bonds is 6. The van der Waals surface area contributed by atoms with Crippen molar-refractivity contribution < 1.29 is 13.9 Å². The number of benzene rings is 2. The highest BCUT2D eigenvalue weighted by Crippen LogP contribution is 2.43. The van der Waals surface area contributed by atoms with Crippen molar-refractivity contribution in [1.29, 1.82) is 0 Å². The monoisotopic (exact) mass is 396 g/mol. The maximum absolute atomic E-state index is 13.1. The second kappa shape index (κ2) is 7.90. The van der Waals surface area contributed by atoms with E-state index in [0.717, 1.165) is 29.0 Å². The van der Waals surface area contributed by atoms with Crippen LogP contribution in [0.15, 0.2) is 54.7 Å². The van der Waals surface area contributed by atoms with Gasteiger partial charge in [0.15, 0.2) is 0 Å². The number of hydrogen-bond acceptors (Lipinski definition) is 5. The Morgan fingerprint density at radius 3 is 2.69 bits per heavy atom. The molecule has 0 unspecified atom stereocenters. The minimum Gasteiger partial charge on any atom is -0.472 e. The van der Waals surface area contributed by atoms with Crippen molar-refractivity contribution >= 4 is 11.7 Å². The Morgan fingerprint density at radius 1 is 1.24 bits per heavy atom. The van der Waals surface area contributed by atoms with E-state index in [1.807, 2.05) is 17.6 Å². The molecule has 0 saturated heterocycles. The Bertz CT molecular complexity index is 1020. The van der Waals surface area contributed by atoms with E-state index >= 15 is 0 Å². The topological polar surface area (TPSA) is 111 Å². The van der Waals surface area contributed by atoms with Crippen molar-refractivity contribution in [3.05, 3.63) is 71.7 Å². The Hall–Kier alpha value is -3.43. The SMILES string of the molecule is NNC(=O)N(N)c1cccc(C2CC2)c1COc1ccn(-c2ccc(F)cc2)n1. The molecule has 2 amide bonds. The lowest BCUT2D eigenvalue weighted by atomic mass is 10.0. The highest BCUT2D eigenvalue weighted by molar-refractivity contribution is 5.91. The smallest absolute Gasteiger partial charge is 0.350 e. The summed E-state index contributed by atoms with van der Waals surface area (Å²) < 4.78 is 20.6. The molecular weight excluding hydrogens is 375 g/mol. The highest BCUT2D eigenvalue weighted by Gasteiger charge is 2.29. The number of hydrogen-bond donors (Lipinski definition) is 3. The number of ether oxygens (including phenoxy) is 1. The molecule has 4 rings (SSSR count). The van der Waals surface area contributed by atoms with E-state index < -0.39 is 6.03 Å². The number of amides is 2. The first-order valence-corrected chi connectivity index (χ1v) is 9.18. The lowest BCUT2D eigenvalue weighted by Gasteiger charge is -2.21. The molecule has 0 radical (unpaired) electrons. The van der Waals surface area contributed by atoms with Crippen LogP contribution in [-0.2, 0) is 6.61 Å². The van der Waals surface area contributed by atoms with E-state index in [1.54, 1.807) is 35.1 Å². The van der Waals surface area contributed by atoms with E-state index in [2.05, 4.69) is 5.10 Å². The zero-order valence-electron chi connectivity index (χ0n) is 15.6. The first-order chi connectivity index (χ1) is 14.1. The fourth-order valence-corrected chi connectivity index (χ4v) is 3.20. The van der Waals surface area contributed by atoms with Crippen LogP contribution in [0.2, 0.25) is 0 Å². The zero-order chi connectivity index (χ0) is 20.4. The van der Waals surface area contributed by atoms with Gasteiger partial charge in [0.2, 0.25) is 5.88 Å². The summed E-state index contributed by atoms with van der Waals surface area (Å²) in [5.41, 5.74) is 5.19. The van der Waals surface area contributed by atoms with E-state index in [9.17, 15) is 9.18 Å². The molecule has 0 bridgehead atoms. The van der Waals surface area contributed by atoms with Crippen LogP contribution in [0.5, 0.6) is 5.88 Å². The lowest BCUT2D eigenvalue weighted by molar-refractivity contribution is 0.246. The van der Waals surface area contributed by atoms with Crippen LogP contribution in [-0.4, -0.2) is 15.8 Å². The average molecular weight is 396 g/mol. The highest BCUT2D eigenvalue weighted by atomic mass is 19.1. The van der Waals surface area contributed by atoms with Gasteiger partial charge in [-0.1, -0.05) is 12.1 Å². The number of carbonyl (C=O) groups is 1. The van der Waals surface area contributed by atoms with E-state index in [4.69, 9.17) is 16.4 Å². The molecule has 0 spiro atoms. The summed E-state index contributed by atoms with van der Waals surface area (Å²) in [7, 11) is 0. The molecule has 1 fully saturated rings. The molecule has 9 heteroatoms. The second-order valence-corrected chi connectivity index (χ2v) is 6.80. The first-order valence-electron chi connectivity index (χ1n) is 9.18. The summed E-state index contributed by atoms with van der Waals surface area (Å²) in [6.45, 7) is 0.188. The van der Waals surface area contributed by atoms with Crippen molar-refractivity contribution in [2.24, 2.45) is 11.7 Å². The Morgan fingerprint density at radius 2 is 2.00 bits per heavy atom. The molecule has 150 valence electrons. The number of anilines is 1. The molecule has 1 saturated carbocycles. The first kappa shape index (κ1) is 18.9. The van der Waals surface area contributed by atoms with Crippen molar-refractivity contribution in [1.82, 2.24) is 15.2 Å². The van der Waals surface area contributed by atoms with Gasteiger partial charge in [-0.25, -0.2) is 30.6 Å². The Labute approximate surface area is 166 Å². The van der Waals surface area contributed by atoms with Crippen LogP contribution in [0.3, 0.4) is 0 Å². The molecule has 1 heterocycles. The van der Waals surface area contributed by atoms with Crippen molar-refractivity contribution in [2.75, 3.05) is 5.01 Å². The lowest BCUT2D eigenvalue weighted by Crippen LogP contribution is -2.48. The quantitative estimate of drug-likeness (QED) is 0.337. The maximum Gasteiger partial charge on any atom is 0.350 e. The van der Waals surface area contributed by atoms with Crippen LogP contribution >= 0.6 is 0 Å². The van der Waals surface area contributed by atoms with Gasteiger partial charge in [0.25, 0.3) is 0 Å². The average Bonchev–Trinajstić information content (AvgIpc) is 3.49. The molecule has 0 atom stereocenters. The molecule has 0 aliphatic heterocycles. The summed E-state index contributed by atoms with van der Waals surface area (Å²) in [6, 6.07) is 12.7. The Kier molecular flexibility index (Phi) is 5.15. The van der Waals surface area contributed by atoms with Gasteiger partial charge in [0.05, 0.1) is 11.4 Å². The summed E-state index contributed by atoms with van der Waals surface area (Å²) in [4.78, 5) is 11.9. The number of aromatic nitrogens is 2. The Balaban J connectivity index is 1.56. The number of nitrogens with two attached hydrogens (primary N) is 2. The minimum atomic E-state index is -0.625. The second-order valence-electron chi connectivity index (χ2n) is 6.80. The number of urea groups is 1. The van der Waals surface area contributed by atoms with E-state index in [-0.39, 0.29) is 12.4 Å². The molecule has 29 heavy (non-hydrogen) atoms. The summed E-state index contributed by atoms with van der Waals surface area (Å²) >= 11 is 0. The predicted octanol–water partition coefficient (Wildman–Crippen LogP) is 2.73. The molecular formula is C20H21FN6O2. The van der Waals surface area contributed by atoms with Crippen molar-refractivity contribution in [3.63, 3.8) is 0 Å². The van der Waals surface area contributed by atoms with Gasteiger partial charge < -0.3 is 4.74 Å². The third-order valence-electron chi connectivity index (χ3n) is 4.83. The molecule has 3 aromatic rings. The molecule has 1 aromatic heterocycles. The van der Waals surface area contributed by atoms with Crippen molar-refractivity contribution in [3.8, 4) is 11.6 Å². The molecule has 1 aliphatic rings. The zero-order valence-corrected chi connectivity index (χ0v) is 15.6. The third kappa shape index (κ3) is 4.05. The standard InChI is InChI=1S/C20H21FN6O2/c21-14-6-8-15(9-7-14)26-11-10-19(25-26)29-12-17-16(13-4-5-13)2-1-3-18(17)27(23)20(28)24-22/h1-3,6-11,13H,4-5,12,22-23H2,(H,24,28). The van der Waals surface area contributed by atoms with Crippen LogP contribution in [0.1, 0.15) is 29.9 Å². The van der Waals surface area contributed by atoms with Gasteiger partial charge in [-0.05, 0) is 54.7 Å². The van der Waals surface area contributed by atoms with Gasteiger partial charge in [0, 0.05) is 17.8 Å². The van der Waals surface area contributed by atoms with Crippen molar-refractivity contribution in [2.45, 2.75) is 25.4 Å².